The second kappa shape index (κ2) is 3.68. The van der Waals surface area contributed by atoms with Crippen LogP contribution in [0.2, 0.25) is 0 Å². The van der Waals surface area contributed by atoms with Crippen molar-refractivity contribution in [1.82, 2.24) is 9.97 Å². The maximum absolute atomic E-state index is 13.2. The van der Waals surface area contributed by atoms with E-state index in [4.69, 9.17) is 0 Å². The largest absolute Gasteiger partial charge is 0.245 e. The zero-order valence-electron chi connectivity index (χ0n) is 7.42. The summed E-state index contributed by atoms with van der Waals surface area (Å²) in [6.07, 6.45) is 2.60. The highest BCUT2D eigenvalue weighted by Gasteiger charge is 2.11. The van der Waals surface area contributed by atoms with Crippen LogP contribution < -0.4 is 0 Å². The van der Waals surface area contributed by atoms with Crippen molar-refractivity contribution < 1.29 is 13.2 Å². The van der Waals surface area contributed by atoms with Gasteiger partial charge < -0.3 is 0 Å². The predicted octanol–water partition coefficient (Wildman–Crippen LogP) is 2.56. The van der Waals surface area contributed by atoms with Gasteiger partial charge in [0.05, 0.1) is 5.69 Å². The van der Waals surface area contributed by atoms with Crippen molar-refractivity contribution in [1.29, 1.82) is 0 Å². The SMILES string of the molecule is Fc1cc(F)c(-c2ccncn2)cc1F. The van der Waals surface area contributed by atoms with Gasteiger partial charge in [-0.2, -0.15) is 0 Å². The van der Waals surface area contributed by atoms with Gasteiger partial charge in [-0.3, -0.25) is 0 Å². The molecule has 0 fully saturated rings. The van der Waals surface area contributed by atoms with Crippen LogP contribution in [0.15, 0.2) is 30.7 Å². The molecule has 76 valence electrons. The maximum atomic E-state index is 13.2. The Bertz CT molecular complexity index is 486. The van der Waals surface area contributed by atoms with Gasteiger partial charge in [-0.1, -0.05) is 0 Å². The third-order valence-electron chi connectivity index (χ3n) is 1.87. The predicted molar refractivity (Wildman–Crippen MR) is 47.3 cm³/mol. The van der Waals surface area contributed by atoms with Gasteiger partial charge in [-0.25, -0.2) is 23.1 Å². The van der Waals surface area contributed by atoms with Crippen LogP contribution in [-0.2, 0) is 0 Å². The van der Waals surface area contributed by atoms with E-state index in [0.29, 0.717) is 6.07 Å². The Labute approximate surface area is 83.4 Å². The molecule has 1 heterocycles. The van der Waals surface area contributed by atoms with Crippen LogP contribution in [0.1, 0.15) is 0 Å². The molecule has 5 heteroatoms. The summed E-state index contributed by atoms with van der Waals surface area (Å²) >= 11 is 0. The molecule has 0 radical (unpaired) electrons. The van der Waals surface area contributed by atoms with Gasteiger partial charge in [-0.15, -0.1) is 0 Å². The van der Waals surface area contributed by atoms with Crippen LogP contribution in [0.5, 0.6) is 0 Å². The zero-order valence-corrected chi connectivity index (χ0v) is 7.42. The van der Waals surface area contributed by atoms with Crippen molar-refractivity contribution in [2.24, 2.45) is 0 Å². The molecule has 0 aliphatic rings. The van der Waals surface area contributed by atoms with Crippen LogP contribution in [0.4, 0.5) is 13.2 Å². The summed E-state index contributed by atoms with van der Waals surface area (Å²) in [6, 6.07) is 2.68. The standard InChI is InChI=1S/C10H5F3N2/c11-7-4-9(13)8(12)3-6(7)10-1-2-14-5-15-10/h1-5H. The Morgan fingerprint density at radius 2 is 1.67 bits per heavy atom. The average Bonchev–Trinajstić information content (AvgIpc) is 2.25. The van der Waals surface area contributed by atoms with Crippen LogP contribution in [0.3, 0.4) is 0 Å². The van der Waals surface area contributed by atoms with Gasteiger partial charge in [0, 0.05) is 17.8 Å². The molecular formula is C10H5F3N2. The van der Waals surface area contributed by atoms with E-state index in [1.807, 2.05) is 0 Å². The Hall–Kier alpha value is -1.91. The first-order valence-corrected chi connectivity index (χ1v) is 4.09. The topological polar surface area (TPSA) is 25.8 Å². The number of aromatic nitrogens is 2. The van der Waals surface area contributed by atoms with Crippen molar-refractivity contribution in [2.75, 3.05) is 0 Å². The second-order valence-corrected chi connectivity index (χ2v) is 2.84. The highest BCUT2D eigenvalue weighted by molar-refractivity contribution is 5.59. The number of hydrogen-bond acceptors (Lipinski definition) is 2. The van der Waals surface area contributed by atoms with Crippen molar-refractivity contribution in [2.45, 2.75) is 0 Å². The van der Waals surface area contributed by atoms with Crippen LogP contribution in [0.25, 0.3) is 11.3 Å². The van der Waals surface area contributed by atoms with E-state index in [2.05, 4.69) is 9.97 Å². The fourth-order valence-electron chi connectivity index (χ4n) is 1.17. The highest BCUT2D eigenvalue weighted by atomic mass is 19.2. The molecule has 0 unspecified atom stereocenters. The summed E-state index contributed by atoms with van der Waals surface area (Å²) in [6.45, 7) is 0. The molecule has 2 nitrogen and oxygen atoms in total. The molecule has 2 rings (SSSR count). The molecule has 0 amide bonds. The molecule has 15 heavy (non-hydrogen) atoms. The number of benzene rings is 1. The first-order chi connectivity index (χ1) is 7.18. The smallest absolute Gasteiger partial charge is 0.161 e. The van der Waals surface area contributed by atoms with Crippen molar-refractivity contribution in [3.63, 3.8) is 0 Å². The van der Waals surface area contributed by atoms with E-state index >= 15 is 0 Å². The summed E-state index contributed by atoms with van der Waals surface area (Å²) in [4.78, 5) is 7.38. The molecule has 0 bridgehead atoms. The molecule has 1 aromatic carbocycles. The van der Waals surface area contributed by atoms with Crippen LogP contribution in [0, 0.1) is 17.5 Å². The van der Waals surface area contributed by atoms with Gasteiger partial charge in [0.25, 0.3) is 0 Å². The Kier molecular flexibility index (Phi) is 2.37. The molecule has 0 aliphatic heterocycles. The quantitative estimate of drug-likeness (QED) is 0.676. The Balaban J connectivity index is 2.59. The van der Waals surface area contributed by atoms with Gasteiger partial charge in [0.2, 0.25) is 0 Å². The van der Waals surface area contributed by atoms with Crippen LogP contribution in [-0.4, -0.2) is 9.97 Å². The van der Waals surface area contributed by atoms with Gasteiger partial charge in [-0.05, 0) is 12.1 Å². The zero-order chi connectivity index (χ0) is 10.8. The summed E-state index contributed by atoms with van der Waals surface area (Å²) in [5.41, 5.74) is 0.123. The highest BCUT2D eigenvalue weighted by Crippen LogP contribution is 2.22. The molecule has 0 spiro atoms. The number of hydrogen-bond donors (Lipinski definition) is 0. The molecule has 0 saturated heterocycles. The fraction of sp³-hybridized carbons (Fsp3) is 0. The van der Waals surface area contributed by atoms with Gasteiger partial charge in [0.15, 0.2) is 11.6 Å². The minimum absolute atomic E-state index is 0.0868. The van der Waals surface area contributed by atoms with E-state index < -0.39 is 17.5 Å². The van der Waals surface area contributed by atoms with Crippen LogP contribution >= 0.6 is 0 Å². The molecule has 1 aromatic heterocycles. The Morgan fingerprint density at radius 1 is 0.933 bits per heavy atom. The number of rotatable bonds is 1. The van der Waals surface area contributed by atoms with E-state index in [1.165, 1.54) is 18.6 Å². The average molecular weight is 210 g/mol. The van der Waals surface area contributed by atoms with E-state index in [-0.39, 0.29) is 11.3 Å². The third-order valence-corrected chi connectivity index (χ3v) is 1.87. The fourth-order valence-corrected chi connectivity index (χ4v) is 1.17. The molecule has 0 N–H and O–H groups in total. The minimum Gasteiger partial charge on any atom is -0.245 e. The molecule has 2 aromatic rings. The normalized spacial score (nSPS) is 10.3. The summed E-state index contributed by atoms with van der Waals surface area (Å²) < 4.78 is 38.7. The summed E-state index contributed by atoms with van der Waals surface area (Å²) in [5, 5.41) is 0. The number of nitrogens with zero attached hydrogens (tertiary/aromatic N) is 2. The van der Waals surface area contributed by atoms with Crippen molar-refractivity contribution >= 4 is 0 Å². The molecule has 0 aliphatic carbocycles. The molecule has 0 atom stereocenters. The lowest BCUT2D eigenvalue weighted by Crippen LogP contribution is -1.93. The number of halogens is 3. The lowest BCUT2D eigenvalue weighted by atomic mass is 10.1. The monoisotopic (exact) mass is 210 g/mol. The maximum Gasteiger partial charge on any atom is 0.161 e. The van der Waals surface area contributed by atoms with Gasteiger partial charge >= 0.3 is 0 Å². The van der Waals surface area contributed by atoms with E-state index in [9.17, 15) is 13.2 Å². The lowest BCUT2D eigenvalue weighted by Gasteiger charge is -2.02. The van der Waals surface area contributed by atoms with E-state index in [0.717, 1.165) is 6.07 Å². The summed E-state index contributed by atoms with van der Waals surface area (Å²) in [7, 11) is 0. The lowest BCUT2D eigenvalue weighted by molar-refractivity contribution is 0.496. The molecular weight excluding hydrogens is 205 g/mol. The van der Waals surface area contributed by atoms with Gasteiger partial charge in [0.1, 0.15) is 12.1 Å². The minimum atomic E-state index is -1.22. The first-order valence-electron chi connectivity index (χ1n) is 4.09. The second-order valence-electron chi connectivity index (χ2n) is 2.84. The molecule has 0 saturated carbocycles. The van der Waals surface area contributed by atoms with E-state index in [1.54, 1.807) is 0 Å². The van der Waals surface area contributed by atoms with Crippen molar-refractivity contribution in [3.8, 4) is 11.3 Å². The Morgan fingerprint density at radius 3 is 2.33 bits per heavy atom. The first kappa shape index (κ1) is 9.64. The van der Waals surface area contributed by atoms with Crippen molar-refractivity contribution in [3.05, 3.63) is 48.2 Å². The third kappa shape index (κ3) is 1.81. The summed E-state index contributed by atoms with van der Waals surface area (Å²) in [5.74, 6) is -3.18.